The first-order chi connectivity index (χ1) is 8.42. The molecule has 0 atom stereocenters. The number of aryl methyl sites for hydroxylation is 1. The number of anilines is 1. The summed E-state index contributed by atoms with van der Waals surface area (Å²) < 4.78 is 0. The van der Waals surface area contributed by atoms with Crippen LogP contribution < -0.4 is 5.32 Å². The van der Waals surface area contributed by atoms with Gasteiger partial charge in [0.05, 0.1) is 11.1 Å². The fraction of sp³-hybridized carbons (Fsp3) is 0.357. The Bertz CT molecular complexity index is 584. The number of para-hydroxylation sites is 1. The summed E-state index contributed by atoms with van der Waals surface area (Å²) in [6, 6.07) is 7.98. The maximum absolute atomic E-state index is 11.1. The van der Waals surface area contributed by atoms with Crippen LogP contribution in [-0.2, 0) is 4.79 Å². The van der Waals surface area contributed by atoms with Gasteiger partial charge >= 0.3 is 5.97 Å². The quantitative estimate of drug-likeness (QED) is 0.777. The molecule has 0 bridgehead atoms. The number of H-pyrrole nitrogens is 1. The molecule has 0 amide bonds. The van der Waals surface area contributed by atoms with Gasteiger partial charge in [0, 0.05) is 23.1 Å². The Labute approximate surface area is 106 Å². The van der Waals surface area contributed by atoms with Crippen LogP contribution in [0.3, 0.4) is 0 Å². The van der Waals surface area contributed by atoms with Crippen LogP contribution in [0.5, 0.6) is 0 Å². The van der Waals surface area contributed by atoms with Gasteiger partial charge in [0.25, 0.3) is 0 Å². The molecule has 0 saturated heterocycles. The van der Waals surface area contributed by atoms with E-state index >= 15 is 0 Å². The molecule has 4 heteroatoms. The van der Waals surface area contributed by atoms with Crippen molar-refractivity contribution in [2.75, 3.05) is 11.9 Å². The predicted molar refractivity (Wildman–Crippen MR) is 72.9 cm³/mol. The van der Waals surface area contributed by atoms with Gasteiger partial charge in [-0.2, -0.15) is 0 Å². The molecular formula is C14H18N2O2. The van der Waals surface area contributed by atoms with Crippen molar-refractivity contribution < 1.29 is 9.90 Å². The number of aromatic nitrogens is 1. The molecule has 96 valence electrons. The van der Waals surface area contributed by atoms with Crippen LogP contribution in [0.1, 0.15) is 19.5 Å². The molecule has 1 heterocycles. The van der Waals surface area contributed by atoms with Gasteiger partial charge < -0.3 is 15.4 Å². The van der Waals surface area contributed by atoms with Crippen molar-refractivity contribution in [1.82, 2.24) is 4.98 Å². The second kappa shape index (κ2) is 4.37. The molecule has 18 heavy (non-hydrogen) atoms. The van der Waals surface area contributed by atoms with Gasteiger partial charge in [-0.25, -0.2) is 0 Å². The molecule has 0 aliphatic carbocycles. The van der Waals surface area contributed by atoms with E-state index in [0.717, 1.165) is 22.3 Å². The Morgan fingerprint density at radius 3 is 2.72 bits per heavy atom. The number of carbonyl (C=O) groups is 1. The molecule has 1 aromatic carbocycles. The van der Waals surface area contributed by atoms with Crippen molar-refractivity contribution in [1.29, 1.82) is 0 Å². The van der Waals surface area contributed by atoms with Gasteiger partial charge in [-0.15, -0.1) is 0 Å². The largest absolute Gasteiger partial charge is 0.481 e. The second-order valence-corrected chi connectivity index (χ2v) is 5.21. The third-order valence-electron chi connectivity index (χ3n) is 3.18. The fourth-order valence-electron chi connectivity index (χ4n) is 1.89. The minimum atomic E-state index is -0.799. The maximum Gasteiger partial charge on any atom is 0.310 e. The molecule has 0 unspecified atom stereocenters. The summed E-state index contributed by atoms with van der Waals surface area (Å²) in [6.07, 6.45) is 0. The van der Waals surface area contributed by atoms with E-state index in [2.05, 4.69) is 10.3 Å². The first kappa shape index (κ1) is 12.5. The lowest BCUT2D eigenvalue weighted by molar-refractivity contribution is -0.146. The summed E-state index contributed by atoms with van der Waals surface area (Å²) >= 11 is 0. The Morgan fingerprint density at radius 1 is 1.39 bits per heavy atom. The Morgan fingerprint density at radius 2 is 2.06 bits per heavy atom. The summed E-state index contributed by atoms with van der Waals surface area (Å²) in [5, 5.41) is 13.4. The monoisotopic (exact) mass is 246 g/mol. The number of aromatic amines is 1. The minimum absolute atomic E-state index is 0.394. The lowest BCUT2D eigenvalue weighted by atomic mass is 9.94. The summed E-state index contributed by atoms with van der Waals surface area (Å²) in [5.41, 5.74) is 2.29. The average Bonchev–Trinajstić information content (AvgIpc) is 2.62. The smallest absolute Gasteiger partial charge is 0.310 e. The topological polar surface area (TPSA) is 65.1 Å². The van der Waals surface area contributed by atoms with Crippen LogP contribution >= 0.6 is 0 Å². The van der Waals surface area contributed by atoms with Crippen molar-refractivity contribution in [3.8, 4) is 0 Å². The molecule has 0 radical (unpaired) electrons. The van der Waals surface area contributed by atoms with Crippen LogP contribution in [0.25, 0.3) is 10.9 Å². The van der Waals surface area contributed by atoms with E-state index in [0.29, 0.717) is 6.54 Å². The van der Waals surface area contributed by atoms with Crippen LogP contribution in [0.4, 0.5) is 5.69 Å². The number of rotatable bonds is 4. The van der Waals surface area contributed by atoms with Crippen molar-refractivity contribution >= 4 is 22.6 Å². The Balaban J connectivity index is 2.27. The van der Waals surface area contributed by atoms with E-state index in [1.54, 1.807) is 13.8 Å². The fourth-order valence-corrected chi connectivity index (χ4v) is 1.89. The van der Waals surface area contributed by atoms with Crippen LogP contribution in [0, 0.1) is 12.3 Å². The van der Waals surface area contributed by atoms with E-state index in [1.807, 2.05) is 31.2 Å². The number of fused-ring (bicyclic) bond motifs is 1. The van der Waals surface area contributed by atoms with E-state index in [1.165, 1.54) is 0 Å². The molecule has 0 aliphatic heterocycles. The SMILES string of the molecule is Cc1[nH]c2ccccc2c1NCC(C)(C)C(=O)O. The maximum atomic E-state index is 11.1. The van der Waals surface area contributed by atoms with E-state index < -0.39 is 11.4 Å². The third-order valence-corrected chi connectivity index (χ3v) is 3.18. The summed E-state index contributed by atoms with van der Waals surface area (Å²) in [6.45, 7) is 5.81. The molecule has 0 spiro atoms. The molecule has 0 saturated carbocycles. The highest BCUT2D eigenvalue weighted by Crippen LogP contribution is 2.28. The summed E-state index contributed by atoms with van der Waals surface area (Å²) in [4.78, 5) is 14.4. The van der Waals surface area contributed by atoms with E-state index in [-0.39, 0.29) is 0 Å². The number of aliphatic carboxylic acids is 1. The van der Waals surface area contributed by atoms with Gasteiger partial charge in [-0.3, -0.25) is 4.79 Å². The van der Waals surface area contributed by atoms with Gasteiger partial charge in [-0.05, 0) is 26.8 Å². The number of hydrogen-bond acceptors (Lipinski definition) is 2. The highest BCUT2D eigenvalue weighted by Gasteiger charge is 2.27. The van der Waals surface area contributed by atoms with Crippen molar-refractivity contribution in [3.05, 3.63) is 30.0 Å². The normalized spacial score (nSPS) is 11.7. The summed E-state index contributed by atoms with van der Waals surface area (Å²) in [5.74, 6) is -0.799. The summed E-state index contributed by atoms with van der Waals surface area (Å²) in [7, 11) is 0. The molecule has 0 aliphatic rings. The molecule has 1 aromatic heterocycles. The number of carboxylic acid groups (broad SMARTS) is 1. The van der Waals surface area contributed by atoms with E-state index in [9.17, 15) is 4.79 Å². The first-order valence-corrected chi connectivity index (χ1v) is 5.96. The van der Waals surface area contributed by atoms with Gasteiger partial charge in [0.1, 0.15) is 0 Å². The zero-order valence-corrected chi connectivity index (χ0v) is 10.9. The van der Waals surface area contributed by atoms with Crippen LogP contribution in [-0.4, -0.2) is 22.6 Å². The number of benzene rings is 1. The molecule has 0 fully saturated rings. The molecular weight excluding hydrogens is 228 g/mol. The Hall–Kier alpha value is -1.97. The zero-order valence-electron chi connectivity index (χ0n) is 10.9. The van der Waals surface area contributed by atoms with Crippen molar-refractivity contribution in [3.63, 3.8) is 0 Å². The van der Waals surface area contributed by atoms with Crippen molar-refractivity contribution in [2.24, 2.45) is 5.41 Å². The van der Waals surface area contributed by atoms with Crippen molar-refractivity contribution in [2.45, 2.75) is 20.8 Å². The van der Waals surface area contributed by atoms with E-state index in [4.69, 9.17) is 5.11 Å². The predicted octanol–water partition coefficient (Wildman–Crippen LogP) is 3.00. The highest BCUT2D eigenvalue weighted by atomic mass is 16.4. The minimum Gasteiger partial charge on any atom is -0.481 e. The second-order valence-electron chi connectivity index (χ2n) is 5.21. The highest BCUT2D eigenvalue weighted by molar-refractivity contribution is 5.94. The standard InChI is InChI=1S/C14H18N2O2/c1-9-12(15-8-14(2,3)13(17)18)10-6-4-5-7-11(10)16-9/h4-7,15-16H,8H2,1-3H3,(H,17,18). The number of nitrogens with one attached hydrogen (secondary N) is 2. The molecule has 3 N–H and O–H groups in total. The van der Waals surface area contributed by atoms with Gasteiger partial charge in [-0.1, -0.05) is 18.2 Å². The lowest BCUT2D eigenvalue weighted by Gasteiger charge is -2.20. The molecule has 4 nitrogen and oxygen atoms in total. The third kappa shape index (κ3) is 2.18. The zero-order chi connectivity index (χ0) is 13.3. The number of carboxylic acids is 1. The average molecular weight is 246 g/mol. The van der Waals surface area contributed by atoms with Gasteiger partial charge in [0.15, 0.2) is 0 Å². The van der Waals surface area contributed by atoms with Crippen LogP contribution in [0.2, 0.25) is 0 Å². The Kier molecular flexibility index (Phi) is 3.03. The first-order valence-electron chi connectivity index (χ1n) is 5.96. The lowest BCUT2D eigenvalue weighted by Crippen LogP contribution is -2.31. The van der Waals surface area contributed by atoms with Gasteiger partial charge in [0.2, 0.25) is 0 Å². The van der Waals surface area contributed by atoms with Crippen LogP contribution in [0.15, 0.2) is 24.3 Å². The molecule has 2 aromatic rings. The molecule has 2 rings (SSSR count). The number of hydrogen-bond donors (Lipinski definition) is 3.